The fourth-order valence-electron chi connectivity index (χ4n) is 3.64. The number of rotatable bonds is 20. The summed E-state index contributed by atoms with van der Waals surface area (Å²) in [5, 5.41) is 9.34. The van der Waals surface area contributed by atoms with E-state index in [1.165, 1.54) is 44.9 Å². The maximum atomic E-state index is 11.3. The third-order valence-corrected chi connectivity index (χ3v) is 6.78. The topological polar surface area (TPSA) is 77.4 Å². The molecule has 0 saturated heterocycles. The van der Waals surface area contributed by atoms with Crippen molar-refractivity contribution >= 4 is 10.1 Å². The molecule has 2 unspecified atom stereocenters. The number of aliphatic hydroxyl groups excluding tert-OH is 1. The van der Waals surface area contributed by atoms with Gasteiger partial charge in [0.2, 0.25) is 0 Å². The van der Waals surface area contributed by atoms with Gasteiger partial charge in [0.25, 0.3) is 0 Å². The van der Waals surface area contributed by atoms with Crippen LogP contribution in [0.3, 0.4) is 0 Å². The Hall–Kier alpha value is 1.51. The van der Waals surface area contributed by atoms with Crippen molar-refractivity contribution in [3.05, 3.63) is 0 Å². The van der Waals surface area contributed by atoms with Gasteiger partial charge in [-0.2, -0.15) is 0 Å². The van der Waals surface area contributed by atoms with E-state index in [0.29, 0.717) is 12.8 Å². The average Bonchev–Trinajstić information content (AvgIpc) is 2.61. The zero-order valence-corrected chi connectivity index (χ0v) is 22.9. The van der Waals surface area contributed by atoms with Gasteiger partial charge < -0.3 is 9.66 Å². The van der Waals surface area contributed by atoms with E-state index in [-0.39, 0.29) is 57.5 Å². The first kappa shape index (κ1) is 31.7. The van der Waals surface area contributed by atoms with Crippen molar-refractivity contribution in [2.75, 3.05) is 0 Å². The maximum Gasteiger partial charge on any atom is 1.00 e. The van der Waals surface area contributed by atoms with Crippen LogP contribution in [0, 0.1) is 0 Å². The van der Waals surface area contributed by atoms with E-state index < -0.39 is 15.4 Å². The van der Waals surface area contributed by atoms with Gasteiger partial charge in [0.1, 0.15) is 0 Å². The van der Waals surface area contributed by atoms with Gasteiger partial charge in [0, 0.05) is 5.25 Å². The summed E-state index contributed by atoms with van der Waals surface area (Å²) in [6.45, 7) is 4.30. The Kier molecular flexibility index (Phi) is 24.6. The normalized spacial score (nSPS) is 13.9. The Bertz CT molecular complexity index is 415. The molecule has 0 spiro atoms. The predicted molar refractivity (Wildman–Crippen MR) is 114 cm³/mol. The summed E-state index contributed by atoms with van der Waals surface area (Å²) in [6.07, 6.45) is 18.1. The number of hydrogen-bond acceptors (Lipinski definition) is 4. The number of hydrogen-bond donors (Lipinski definition) is 1. The third-order valence-electron chi connectivity index (χ3n) is 5.49. The molecule has 0 fully saturated rings. The van der Waals surface area contributed by atoms with Crippen molar-refractivity contribution in [1.29, 1.82) is 0 Å². The van der Waals surface area contributed by atoms with Crippen molar-refractivity contribution in [1.82, 2.24) is 0 Å². The van der Waals surface area contributed by atoms with Gasteiger partial charge in [-0.15, -0.1) is 0 Å². The van der Waals surface area contributed by atoms with E-state index in [0.717, 1.165) is 57.8 Å². The molecular weight excluding hydrogens is 399 g/mol. The fourth-order valence-corrected chi connectivity index (χ4v) is 4.55. The minimum atomic E-state index is -4.17. The van der Waals surface area contributed by atoms with Gasteiger partial charge in [-0.05, 0) is 25.7 Å². The van der Waals surface area contributed by atoms with Crippen molar-refractivity contribution in [2.24, 2.45) is 0 Å². The first-order valence-corrected chi connectivity index (χ1v) is 13.0. The summed E-state index contributed by atoms with van der Waals surface area (Å²) in [6, 6.07) is 0. The van der Waals surface area contributed by atoms with E-state index in [2.05, 4.69) is 13.8 Å². The van der Waals surface area contributed by atoms with E-state index >= 15 is 0 Å². The number of unbranched alkanes of at least 4 members (excludes halogenated alkanes) is 11. The molecule has 28 heavy (non-hydrogen) atoms. The minimum Gasteiger partial charge on any atom is -0.748 e. The molecule has 0 radical (unpaired) electrons. The van der Waals surface area contributed by atoms with Crippen molar-refractivity contribution in [3.8, 4) is 0 Å². The second-order valence-corrected chi connectivity index (χ2v) is 9.82. The van der Waals surface area contributed by atoms with Crippen LogP contribution >= 0.6 is 0 Å². The van der Waals surface area contributed by atoms with E-state index in [9.17, 15) is 18.1 Å². The molecule has 0 rings (SSSR count). The summed E-state index contributed by atoms with van der Waals surface area (Å²) in [7, 11) is -4.17. The Labute approximate surface area is 218 Å². The molecule has 0 aliphatic rings. The largest absolute Gasteiger partial charge is 1.00 e. The second kappa shape index (κ2) is 21.7. The summed E-state index contributed by atoms with van der Waals surface area (Å²) in [4.78, 5) is 0. The summed E-state index contributed by atoms with van der Waals surface area (Å²) < 4.78 is 34.0. The molecule has 0 aromatic carbocycles. The SMILES string of the molecule is CCCCCCCCCCC(O)CCCCCC(CCCCC)S(=O)(=O)[O-].[K+]. The van der Waals surface area contributed by atoms with Crippen LogP contribution in [0.2, 0.25) is 0 Å². The molecule has 0 aliphatic carbocycles. The van der Waals surface area contributed by atoms with Crippen LogP contribution in [0.5, 0.6) is 0 Å². The summed E-state index contributed by atoms with van der Waals surface area (Å²) in [5.41, 5.74) is 0. The van der Waals surface area contributed by atoms with E-state index in [1.54, 1.807) is 0 Å². The van der Waals surface area contributed by atoms with Gasteiger partial charge in [-0.1, -0.05) is 104 Å². The molecule has 0 saturated carbocycles. The first-order valence-electron chi connectivity index (χ1n) is 11.5. The van der Waals surface area contributed by atoms with Crippen LogP contribution < -0.4 is 51.4 Å². The summed E-state index contributed by atoms with van der Waals surface area (Å²) in [5.74, 6) is 0. The standard InChI is InChI=1S/C22H46O4S.K/c1-3-5-7-8-9-10-11-14-17-21(23)18-15-12-16-20-22(27(24,25)26)19-13-6-4-2;/h21-23H,3-20H2,1-2H3,(H,24,25,26);/q;+1/p-1. The molecule has 0 heterocycles. The first-order chi connectivity index (χ1) is 12.9. The van der Waals surface area contributed by atoms with E-state index in [1.807, 2.05) is 0 Å². The van der Waals surface area contributed by atoms with Gasteiger partial charge in [-0.3, -0.25) is 0 Å². The van der Waals surface area contributed by atoms with Gasteiger partial charge >= 0.3 is 51.4 Å². The van der Waals surface area contributed by atoms with Crippen LogP contribution in [-0.4, -0.2) is 29.4 Å². The van der Waals surface area contributed by atoms with Crippen LogP contribution in [0.4, 0.5) is 0 Å². The number of aliphatic hydroxyl groups is 1. The van der Waals surface area contributed by atoms with Crippen LogP contribution in [0.25, 0.3) is 0 Å². The molecule has 1 N–H and O–H groups in total. The van der Waals surface area contributed by atoms with E-state index in [4.69, 9.17) is 0 Å². The molecule has 0 amide bonds. The Morgan fingerprint density at radius 2 is 0.964 bits per heavy atom. The molecule has 164 valence electrons. The predicted octanol–water partition coefficient (Wildman–Crippen LogP) is 3.33. The van der Waals surface area contributed by atoms with Gasteiger partial charge in [-0.25, -0.2) is 8.42 Å². The average molecular weight is 445 g/mol. The monoisotopic (exact) mass is 444 g/mol. The van der Waals surface area contributed by atoms with Gasteiger partial charge in [0.05, 0.1) is 16.2 Å². The maximum absolute atomic E-state index is 11.3. The van der Waals surface area contributed by atoms with Crippen LogP contribution in [0.15, 0.2) is 0 Å². The smallest absolute Gasteiger partial charge is 0.748 e. The molecule has 2 atom stereocenters. The molecule has 0 aliphatic heterocycles. The Morgan fingerprint density at radius 3 is 1.43 bits per heavy atom. The van der Waals surface area contributed by atoms with Crippen LogP contribution in [0.1, 0.15) is 129 Å². The summed E-state index contributed by atoms with van der Waals surface area (Å²) >= 11 is 0. The Morgan fingerprint density at radius 1 is 0.643 bits per heavy atom. The zero-order valence-electron chi connectivity index (χ0n) is 19.0. The fraction of sp³-hybridized carbons (Fsp3) is 1.00. The molecule has 6 heteroatoms. The second-order valence-electron chi connectivity index (χ2n) is 8.17. The van der Waals surface area contributed by atoms with Crippen LogP contribution in [-0.2, 0) is 10.1 Å². The minimum absolute atomic E-state index is 0. The molecule has 0 aromatic heterocycles. The van der Waals surface area contributed by atoms with Gasteiger partial charge in [0.15, 0.2) is 0 Å². The Balaban J connectivity index is 0. The molecular formula is C22H45KO4S. The van der Waals surface area contributed by atoms with Crippen molar-refractivity contribution in [2.45, 2.75) is 141 Å². The molecule has 4 nitrogen and oxygen atoms in total. The zero-order chi connectivity index (χ0) is 20.4. The third kappa shape index (κ3) is 20.8. The molecule has 0 bridgehead atoms. The van der Waals surface area contributed by atoms with Crippen molar-refractivity contribution in [3.63, 3.8) is 0 Å². The van der Waals surface area contributed by atoms with Crippen molar-refractivity contribution < 1.29 is 69.5 Å². The quantitative estimate of drug-likeness (QED) is 0.177. The molecule has 0 aromatic rings.